The third-order valence-corrected chi connectivity index (χ3v) is 2.42. The molecule has 82 valence electrons. The molecule has 0 aromatic heterocycles. The van der Waals surface area contributed by atoms with E-state index in [0.29, 0.717) is 12.2 Å². The zero-order valence-corrected chi connectivity index (χ0v) is 9.17. The maximum absolute atomic E-state index is 11.3. The van der Waals surface area contributed by atoms with Gasteiger partial charge in [0.15, 0.2) is 0 Å². The van der Waals surface area contributed by atoms with Gasteiger partial charge in [-0.3, -0.25) is 0 Å². The number of fused-ring (bicyclic) bond motifs is 1. The Balaban J connectivity index is 2.14. The summed E-state index contributed by atoms with van der Waals surface area (Å²) < 4.78 is 4.92. The predicted molar refractivity (Wildman–Crippen MR) is 61.0 cm³/mol. The summed E-state index contributed by atoms with van der Waals surface area (Å²) in [6, 6.07) is 5.63. The van der Waals surface area contributed by atoms with Crippen molar-refractivity contribution in [2.75, 3.05) is 13.6 Å². The van der Waals surface area contributed by atoms with Gasteiger partial charge in [0, 0.05) is 24.1 Å². The molecule has 0 atom stereocenters. The van der Waals surface area contributed by atoms with E-state index in [1.165, 1.54) is 0 Å². The maximum Gasteiger partial charge on any atom is 0.338 e. The highest BCUT2D eigenvalue weighted by atomic mass is 16.5. The molecule has 0 saturated heterocycles. The van der Waals surface area contributed by atoms with Crippen LogP contribution in [0.5, 0.6) is 0 Å². The normalized spacial score (nSPS) is 12.7. The fourth-order valence-electron chi connectivity index (χ4n) is 1.54. The van der Waals surface area contributed by atoms with Gasteiger partial charge in [0.2, 0.25) is 0 Å². The van der Waals surface area contributed by atoms with Gasteiger partial charge in [-0.05, 0) is 19.2 Å². The molecule has 0 unspecified atom stereocenters. The summed E-state index contributed by atoms with van der Waals surface area (Å²) >= 11 is 0. The van der Waals surface area contributed by atoms with Gasteiger partial charge in [0.25, 0.3) is 0 Å². The van der Waals surface area contributed by atoms with Crippen LogP contribution in [0.1, 0.15) is 27.9 Å². The summed E-state index contributed by atoms with van der Waals surface area (Å²) in [6.07, 6.45) is 0.804. The molecule has 0 bridgehead atoms. The van der Waals surface area contributed by atoms with Crippen LogP contribution in [0.2, 0.25) is 0 Å². The van der Waals surface area contributed by atoms with Crippen molar-refractivity contribution in [2.45, 2.75) is 13.0 Å². The number of esters is 1. The van der Waals surface area contributed by atoms with E-state index in [1.807, 2.05) is 19.2 Å². The van der Waals surface area contributed by atoms with Crippen LogP contribution in [0.4, 0.5) is 0 Å². The minimum Gasteiger partial charge on any atom is -0.457 e. The van der Waals surface area contributed by atoms with Crippen molar-refractivity contribution >= 4 is 5.97 Å². The Morgan fingerprint density at radius 3 is 3.19 bits per heavy atom. The quantitative estimate of drug-likeness (QED) is 0.459. The van der Waals surface area contributed by atoms with Crippen LogP contribution in [0.25, 0.3) is 0 Å². The number of rotatable bonds is 2. The summed E-state index contributed by atoms with van der Waals surface area (Å²) in [4.78, 5) is 11.3. The summed E-state index contributed by atoms with van der Waals surface area (Å²) in [5, 5.41) is 3.03. The average Bonchev–Trinajstić information content (AvgIpc) is 2.67. The molecule has 1 aliphatic rings. The van der Waals surface area contributed by atoms with Crippen LogP contribution in [-0.2, 0) is 11.3 Å². The number of ether oxygens (including phenoxy) is 1. The molecule has 0 spiro atoms. The molecule has 0 fully saturated rings. The monoisotopic (exact) mass is 215 g/mol. The lowest BCUT2D eigenvalue weighted by Gasteiger charge is -1.94. The fourth-order valence-corrected chi connectivity index (χ4v) is 1.54. The highest BCUT2D eigenvalue weighted by Crippen LogP contribution is 2.20. The summed E-state index contributed by atoms with van der Waals surface area (Å²) in [5.41, 5.74) is 2.47. The van der Waals surface area contributed by atoms with E-state index < -0.39 is 0 Å². The Bertz CT molecular complexity index is 469. The number of hydrogen-bond donors (Lipinski definition) is 1. The Labute approximate surface area is 94.8 Å². The zero-order valence-electron chi connectivity index (χ0n) is 9.17. The molecule has 1 aromatic carbocycles. The fraction of sp³-hybridized carbons (Fsp3) is 0.308. The third-order valence-electron chi connectivity index (χ3n) is 2.42. The van der Waals surface area contributed by atoms with Crippen LogP contribution >= 0.6 is 0 Å². The molecule has 3 nitrogen and oxygen atoms in total. The topological polar surface area (TPSA) is 38.3 Å². The zero-order chi connectivity index (χ0) is 11.4. The van der Waals surface area contributed by atoms with Crippen molar-refractivity contribution in [3.8, 4) is 11.8 Å². The first-order valence-electron chi connectivity index (χ1n) is 5.25. The largest absolute Gasteiger partial charge is 0.457 e. The Kier molecular flexibility index (Phi) is 3.23. The second kappa shape index (κ2) is 4.82. The Hall–Kier alpha value is -1.79. The molecule has 0 aliphatic carbocycles. The van der Waals surface area contributed by atoms with Crippen LogP contribution in [0.15, 0.2) is 18.2 Å². The van der Waals surface area contributed by atoms with Gasteiger partial charge in [0.05, 0.1) is 5.56 Å². The Morgan fingerprint density at radius 1 is 1.50 bits per heavy atom. The third kappa shape index (κ3) is 2.23. The van der Waals surface area contributed by atoms with E-state index in [9.17, 15) is 4.79 Å². The molecule has 2 rings (SSSR count). The molecule has 3 heteroatoms. The molecule has 0 radical (unpaired) electrons. The number of carbonyl (C=O) groups is 1. The molecule has 0 amide bonds. The van der Waals surface area contributed by atoms with Crippen LogP contribution in [-0.4, -0.2) is 19.6 Å². The van der Waals surface area contributed by atoms with Crippen molar-refractivity contribution < 1.29 is 9.53 Å². The van der Waals surface area contributed by atoms with Crippen molar-refractivity contribution in [2.24, 2.45) is 0 Å². The van der Waals surface area contributed by atoms with Gasteiger partial charge >= 0.3 is 5.97 Å². The molecule has 1 aliphatic heterocycles. The highest BCUT2D eigenvalue weighted by molar-refractivity contribution is 5.93. The lowest BCUT2D eigenvalue weighted by atomic mass is 10.1. The van der Waals surface area contributed by atoms with Gasteiger partial charge in [-0.15, -0.1) is 0 Å². The molecular weight excluding hydrogens is 202 g/mol. The summed E-state index contributed by atoms with van der Waals surface area (Å²) in [6.45, 7) is 1.27. The number of hydrogen-bond acceptors (Lipinski definition) is 3. The number of benzene rings is 1. The van der Waals surface area contributed by atoms with Crippen LogP contribution in [0, 0.1) is 11.8 Å². The first kappa shape index (κ1) is 10.7. The molecule has 1 aromatic rings. The van der Waals surface area contributed by atoms with E-state index in [1.54, 1.807) is 6.07 Å². The summed E-state index contributed by atoms with van der Waals surface area (Å²) in [5.74, 6) is 5.83. The van der Waals surface area contributed by atoms with Gasteiger partial charge in [-0.1, -0.05) is 17.9 Å². The number of cyclic esters (lactones) is 1. The molecule has 1 N–H and O–H groups in total. The van der Waals surface area contributed by atoms with Gasteiger partial charge in [0.1, 0.15) is 6.61 Å². The van der Waals surface area contributed by atoms with E-state index in [2.05, 4.69) is 17.2 Å². The van der Waals surface area contributed by atoms with E-state index in [4.69, 9.17) is 4.74 Å². The van der Waals surface area contributed by atoms with Crippen molar-refractivity contribution in [3.05, 3.63) is 34.9 Å². The molecule has 1 heterocycles. The lowest BCUT2D eigenvalue weighted by molar-refractivity contribution is 0.0535. The van der Waals surface area contributed by atoms with Gasteiger partial charge < -0.3 is 10.1 Å². The highest BCUT2D eigenvalue weighted by Gasteiger charge is 2.20. The average molecular weight is 215 g/mol. The minimum absolute atomic E-state index is 0.242. The van der Waals surface area contributed by atoms with Gasteiger partial charge in [-0.2, -0.15) is 0 Å². The summed E-state index contributed by atoms with van der Waals surface area (Å²) in [7, 11) is 1.90. The number of carbonyl (C=O) groups excluding carboxylic acids is 1. The smallest absolute Gasteiger partial charge is 0.338 e. The maximum atomic E-state index is 11.3. The van der Waals surface area contributed by atoms with Crippen molar-refractivity contribution in [1.82, 2.24) is 5.32 Å². The van der Waals surface area contributed by atoms with E-state index >= 15 is 0 Å². The standard InChI is InChI=1S/C13H13NO2/c1-14-7-3-2-4-10-5-6-11-9-16-13(15)12(11)8-10/h5-6,8,14H,3,7,9H2,1H3. The van der Waals surface area contributed by atoms with Crippen LogP contribution < -0.4 is 5.32 Å². The Morgan fingerprint density at radius 2 is 2.38 bits per heavy atom. The molecule has 0 saturated carbocycles. The first-order chi connectivity index (χ1) is 7.81. The lowest BCUT2D eigenvalue weighted by Crippen LogP contribution is -2.05. The SMILES string of the molecule is CNCCC#Cc1ccc2c(c1)C(=O)OC2. The van der Waals surface area contributed by atoms with Crippen molar-refractivity contribution in [1.29, 1.82) is 0 Å². The predicted octanol–water partition coefficient (Wildman–Crippen LogP) is 1.32. The van der Waals surface area contributed by atoms with Gasteiger partial charge in [-0.25, -0.2) is 4.79 Å². The molecule has 16 heavy (non-hydrogen) atoms. The minimum atomic E-state index is -0.242. The number of nitrogens with one attached hydrogen (secondary N) is 1. The van der Waals surface area contributed by atoms with Crippen LogP contribution in [0.3, 0.4) is 0 Å². The second-order valence-corrected chi connectivity index (χ2v) is 3.60. The molecular formula is C13H13NO2. The second-order valence-electron chi connectivity index (χ2n) is 3.60. The first-order valence-corrected chi connectivity index (χ1v) is 5.25. The van der Waals surface area contributed by atoms with E-state index in [-0.39, 0.29) is 5.97 Å². The van der Waals surface area contributed by atoms with E-state index in [0.717, 1.165) is 24.1 Å². The van der Waals surface area contributed by atoms with Crippen molar-refractivity contribution in [3.63, 3.8) is 0 Å².